The van der Waals surface area contributed by atoms with Gasteiger partial charge in [0.25, 0.3) is 5.91 Å². The standard InChI is InChI=1S/C38H44ClN5O5/c1-42(37(45)28-22-34(46-2)36(48-4)35(23-28)47-3)24-27(26-11-13-29(39)14-12-26)15-18-43-19-16-30(17-20-43)40-38-41-32-9-5-6-10-33(32)44(38)25-31-8-7-21-49-31/h5-14,21-23,27,30H,15-20,24-25H2,1-4H3,(H,40,41). The monoisotopic (exact) mass is 685 g/mol. The molecule has 0 radical (unpaired) electrons. The number of nitrogens with one attached hydrogen (secondary N) is 1. The van der Waals surface area contributed by atoms with Crippen molar-refractivity contribution in [3.8, 4) is 17.2 Å². The average molecular weight is 686 g/mol. The molecule has 1 atom stereocenters. The highest BCUT2D eigenvalue weighted by Gasteiger charge is 2.25. The quantitative estimate of drug-likeness (QED) is 0.131. The van der Waals surface area contributed by atoms with Gasteiger partial charge >= 0.3 is 0 Å². The van der Waals surface area contributed by atoms with E-state index in [2.05, 4.69) is 39.0 Å². The number of carbonyl (C=O) groups excluding carboxylic acids is 1. The average Bonchev–Trinajstić information content (AvgIpc) is 3.78. The number of piperidine rings is 1. The van der Waals surface area contributed by atoms with Gasteiger partial charge < -0.3 is 38.3 Å². The summed E-state index contributed by atoms with van der Waals surface area (Å²) in [6, 6.07) is 23.8. The van der Waals surface area contributed by atoms with E-state index in [0.29, 0.717) is 47.0 Å². The highest BCUT2D eigenvalue weighted by atomic mass is 35.5. The minimum Gasteiger partial charge on any atom is -0.493 e. The molecule has 1 unspecified atom stereocenters. The minimum absolute atomic E-state index is 0.116. The van der Waals surface area contributed by atoms with E-state index in [1.54, 1.807) is 44.6 Å². The highest BCUT2D eigenvalue weighted by molar-refractivity contribution is 6.30. The maximum atomic E-state index is 13.7. The van der Waals surface area contributed by atoms with Crippen molar-refractivity contribution in [3.05, 3.63) is 101 Å². The third kappa shape index (κ3) is 7.98. The van der Waals surface area contributed by atoms with Crippen molar-refractivity contribution in [1.82, 2.24) is 19.4 Å². The van der Waals surface area contributed by atoms with Crippen molar-refractivity contribution in [2.75, 3.05) is 59.9 Å². The molecule has 5 aromatic rings. The maximum Gasteiger partial charge on any atom is 0.253 e. The van der Waals surface area contributed by atoms with Gasteiger partial charge in [0.15, 0.2) is 11.5 Å². The number of furan rings is 1. The van der Waals surface area contributed by atoms with Crippen LogP contribution in [0.1, 0.15) is 46.9 Å². The largest absolute Gasteiger partial charge is 0.493 e. The molecule has 0 bridgehead atoms. The second kappa shape index (κ2) is 15.7. The van der Waals surface area contributed by atoms with Crippen LogP contribution < -0.4 is 19.5 Å². The van der Waals surface area contributed by atoms with Gasteiger partial charge in [-0.25, -0.2) is 4.98 Å². The smallest absolute Gasteiger partial charge is 0.253 e. The van der Waals surface area contributed by atoms with E-state index < -0.39 is 0 Å². The zero-order valence-electron chi connectivity index (χ0n) is 28.5. The summed E-state index contributed by atoms with van der Waals surface area (Å²) in [5, 5.41) is 4.44. The lowest BCUT2D eigenvalue weighted by atomic mass is 9.94. The Bertz CT molecular complexity index is 1810. The van der Waals surface area contributed by atoms with Gasteiger partial charge in [-0.2, -0.15) is 0 Å². The summed E-state index contributed by atoms with van der Waals surface area (Å²) in [7, 11) is 6.48. The van der Waals surface area contributed by atoms with Gasteiger partial charge in [-0.3, -0.25) is 4.79 Å². The van der Waals surface area contributed by atoms with Crippen LogP contribution in [0.2, 0.25) is 5.02 Å². The van der Waals surface area contributed by atoms with Gasteiger partial charge in [-0.15, -0.1) is 0 Å². The molecule has 3 aromatic carbocycles. The number of methoxy groups -OCH3 is 3. The molecule has 1 N–H and O–H groups in total. The second-order valence-electron chi connectivity index (χ2n) is 12.5. The molecule has 258 valence electrons. The Balaban J connectivity index is 1.09. The summed E-state index contributed by atoms with van der Waals surface area (Å²) in [5.41, 5.74) is 3.68. The van der Waals surface area contributed by atoms with E-state index in [1.165, 1.54) is 0 Å². The lowest BCUT2D eigenvalue weighted by Crippen LogP contribution is -2.40. The molecule has 6 rings (SSSR count). The number of benzene rings is 3. The third-order valence-corrected chi connectivity index (χ3v) is 9.61. The van der Waals surface area contributed by atoms with E-state index in [1.807, 2.05) is 43.4 Å². The van der Waals surface area contributed by atoms with Crippen molar-refractivity contribution in [3.63, 3.8) is 0 Å². The fourth-order valence-corrected chi connectivity index (χ4v) is 6.79. The zero-order valence-corrected chi connectivity index (χ0v) is 29.3. The normalized spacial score (nSPS) is 14.5. The number of imidazole rings is 1. The molecule has 1 aliphatic heterocycles. The van der Waals surface area contributed by atoms with Crippen molar-refractivity contribution < 1.29 is 23.4 Å². The number of anilines is 1. The Morgan fingerprint density at radius 2 is 1.71 bits per heavy atom. The van der Waals surface area contributed by atoms with Crippen LogP contribution in [0.4, 0.5) is 5.95 Å². The van der Waals surface area contributed by atoms with Crippen LogP contribution in [-0.4, -0.2) is 85.9 Å². The van der Waals surface area contributed by atoms with Crippen LogP contribution in [0.3, 0.4) is 0 Å². The number of fused-ring (bicyclic) bond motifs is 1. The molecule has 2 aromatic heterocycles. The Labute approximate surface area is 292 Å². The second-order valence-corrected chi connectivity index (χ2v) is 12.9. The molecule has 0 aliphatic carbocycles. The number of ether oxygens (including phenoxy) is 3. The highest BCUT2D eigenvalue weighted by Crippen LogP contribution is 2.38. The Hall–Kier alpha value is -4.67. The fourth-order valence-electron chi connectivity index (χ4n) is 6.66. The van der Waals surface area contributed by atoms with Gasteiger partial charge in [-0.05, 0) is 79.9 Å². The van der Waals surface area contributed by atoms with Crippen LogP contribution >= 0.6 is 11.6 Å². The molecule has 1 amide bonds. The Morgan fingerprint density at radius 1 is 1.00 bits per heavy atom. The number of likely N-dealkylation sites (N-methyl/N-ethyl adjacent to an activating group) is 1. The molecular formula is C38H44ClN5O5. The van der Waals surface area contributed by atoms with E-state index in [-0.39, 0.29) is 11.8 Å². The number of carbonyl (C=O) groups is 1. The van der Waals surface area contributed by atoms with Gasteiger partial charge in [0, 0.05) is 49.2 Å². The topological polar surface area (TPSA) is 94.2 Å². The number of halogens is 1. The maximum absolute atomic E-state index is 13.7. The van der Waals surface area contributed by atoms with E-state index >= 15 is 0 Å². The van der Waals surface area contributed by atoms with Crippen LogP contribution in [0.5, 0.6) is 17.2 Å². The zero-order chi connectivity index (χ0) is 34.3. The number of likely N-dealkylation sites (tertiary alicyclic amines) is 1. The van der Waals surface area contributed by atoms with E-state index in [0.717, 1.165) is 67.2 Å². The molecule has 49 heavy (non-hydrogen) atoms. The molecule has 1 saturated heterocycles. The Morgan fingerprint density at radius 3 is 2.37 bits per heavy atom. The van der Waals surface area contributed by atoms with E-state index in [4.69, 9.17) is 35.2 Å². The summed E-state index contributed by atoms with van der Waals surface area (Å²) in [6.45, 7) is 4.04. The number of aromatic nitrogens is 2. The molecule has 1 fully saturated rings. The first-order chi connectivity index (χ1) is 23.9. The SMILES string of the molecule is COc1cc(C(=O)N(C)CC(CCN2CCC(Nc3nc4ccccc4n3Cc3ccco3)CC2)c2ccc(Cl)cc2)cc(OC)c1OC. The molecule has 11 heteroatoms. The molecule has 0 saturated carbocycles. The molecular weight excluding hydrogens is 642 g/mol. The number of hydrogen-bond donors (Lipinski definition) is 1. The lowest BCUT2D eigenvalue weighted by molar-refractivity contribution is 0.0781. The Kier molecular flexibility index (Phi) is 11.0. The fraction of sp³-hybridized carbons (Fsp3) is 0.368. The van der Waals surface area contributed by atoms with Gasteiger partial charge in [0.2, 0.25) is 11.7 Å². The van der Waals surface area contributed by atoms with E-state index in [9.17, 15) is 4.79 Å². The number of nitrogens with zero attached hydrogens (tertiary/aromatic N) is 4. The summed E-state index contributed by atoms with van der Waals surface area (Å²) in [5.74, 6) is 3.11. The van der Waals surface area contributed by atoms with Gasteiger partial charge in [-0.1, -0.05) is 35.9 Å². The molecule has 3 heterocycles. The van der Waals surface area contributed by atoms with Gasteiger partial charge in [0.1, 0.15) is 5.76 Å². The summed E-state index contributed by atoms with van der Waals surface area (Å²) in [4.78, 5) is 22.9. The first kappa shape index (κ1) is 34.2. The molecule has 10 nitrogen and oxygen atoms in total. The van der Waals surface area contributed by atoms with Crippen molar-refractivity contribution in [2.24, 2.45) is 0 Å². The predicted octanol–water partition coefficient (Wildman–Crippen LogP) is 7.18. The van der Waals surface area contributed by atoms with Crippen LogP contribution in [0.25, 0.3) is 11.0 Å². The number of hydrogen-bond acceptors (Lipinski definition) is 8. The van der Waals surface area contributed by atoms with Crippen LogP contribution in [0, 0.1) is 0 Å². The first-order valence-electron chi connectivity index (χ1n) is 16.6. The van der Waals surface area contributed by atoms with Crippen molar-refractivity contribution in [2.45, 2.75) is 37.8 Å². The number of para-hydroxylation sites is 2. The summed E-state index contributed by atoms with van der Waals surface area (Å²) >= 11 is 6.25. The van der Waals surface area contributed by atoms with Crippen LogP contribution in [0.15, 0.2) is 83.5 Å². The summed E-state index contributed by atoms with van der Waals surface area (Å²) in [6.07, 6.45) is 4.62. The predicted molar refractivity (Wildman–Crippen MR) is 192 cm³/mol. The first-order valence-corrected chi connectivity index (χ1v) is 17.0. The molecule has 1 aliphatic rings. The summed E-state index contributed by atoms with van der Waals surface area (Å²) < 4.78 is 24.3. The minimum atomic E-state index is -0.122. The number of amides is 1. The lowest BCUT2D eigenvalue weighted by Gasteiger charge is -2.34. The van der Waals surface area contributed by atoms with Crippen LogP contribution in [-0.2, 0) is 6.54 Å². The molecule has 0 spiro atoms. The van der Waals surface area contributed by atoms with Crippen molar-refractivity contribution >= 4 is 34.5 Å². The number of rotatable bonds is 14. The van der Waals surface area contributed by atoms with Crippen molar-refractivity contribution in [1.29, 1.82) is 0 Å². The third-order valence-electron chi connectivity index (χ3n) is 9.36. The van der Waals surface area contributed by atoms with Gasteiger partial charge in [0.05, 0.1) is 45.2 Å².